The van der Waals surface area contributed by atoms with E-state index in [1.807, 2.05) is 11.8 Å². The predicted octanol–water partition coefficient (Wildman–Crippen LogP) is 2.13. The predicted molar refractivity (Wildman–Crippen MR) is 65.5 cm³/mol. The fourth-order valence-corrected chi connectivity index (χ4v) is 1.97. The van der Waals surface area contributed by atoms with Crippen LogP contribution in [0.1, 0.15) is 12.5 Å². The summed E-state index contributed by atoms with van der Waals surface area (Å²) in [4.78, 5) is 11.4. The first-order valence-corrected chi connectivity index (χ1v) is 6.21. The maximum absolute atomic E-state index is 10.1. The van der Waals surface area contributed by atoms with Crippen molar-refractivity contribution in [2.45, 2.75) is 18.2 Å². The van der Waals surface area contributed by atoms with Crippen LogP contribution in [-0.4, -0.2) is 25.1 Å². The molecule has 2 nitrogen and oxygen atoms in total. The van der Waals surface area contributed by atoms with E-state index in [2.05, 4.69) is 36.5 Å². The van der Waals surface area contributed by atoms with Crippen molar-refractivity contribution in [1.82, 2.24) is 5.32 Å². The number of carbonyl (C=O) groups is 1. The maximum Gasteiger partial charge on any atom is 0.133 e. The topological polar surface area (TPSA) is 29.1 Å². The van der Waals surface area contributed by atoms with Crippen LogP contribution in [0, 0.1) is 0 Å². The summed E-state index contributed by atoms with van der Waals surface area (Å²) in [5.74, 6) is 1.11. The Hall–Kier alpha value is -0.800. The van der Waals surface area contributed by atoms with Crippen LogP contribution in [0.25, 0.3) is 0 Å². The highest BCUT2D eigenvalue weighted by Crippen LogP contribution is 2.17. The minimum Gasteiger partial charge on any atom is -0.310 e. The number of hydrogen-bond acceptors (Lipinski definition) is 3. The quantitative estimate of drug-likeness (QED) is 0.436. The summed E-state index contributed by atoms with van der Waals surface area (Å²) in [5.41, 5.74) is 1.31. The van der Waals surface area contributed by atoms with Crippen molar-refractivity contribution >= 4 is 18.0 Å². The largest absolute Gasteiger partial charge is 0.310 e. The van der Waals surface area contributed by atoms with E-state index in [1.54, 1.807) is 0 Å². The second-order valence-corrected chi connectivity index (χ2v) is 4.54. The number of rotatable bonds is 7. The van der Waals surface area contributed by atoms with Gasteiger partial charge in [0.15, 0.2) is 0 Å². The van der Waals surface area contributed by atoms with Gasteiger partial charge in [-0.3, -0.25) is 0 Å². The third kappa shape index (κ3) is 5.00. The standard InChI is InChI=1S/C12H17NOS/c1-2-15-12-5-3-11(4-6-12)7-8-13-9-10-14/h3-6,10,13H,2,7-9H2,1H3. The lowest BCUT2D eigenvalue weighted by atomic mass is 10.1. The van der Waals surface area contributed by atoms with Crippen LogP contribution >= 0.6 is 11.8 Å². The van der Waals surface area contributed by atoms with Crippen molar-refractivity contribution in [2.24, 2.45) is 0 Å². The first-order chi connectivity index (χ1) is 7.36. The third-order valence-corrected chi connectivity index (χ3v) is 2.95. The molecule has 1 aromatic rings. The molecule has 0 saturated heterocycles. The number of aldehydes is 1. The summed E-state index contributed by atoms with van der Waals surface area (Å²) < 4.78 is 0. The number of hydrogen-bond donors (Lipinski definition) is 1. The molecule has 1 rings (SSSR count). The van der Waals surface area contributed by atoms with Crippen LogP contribution in [0.5, 0.6) is 0 Å². The molecule has 0 aliphatic heterocycles. The molecule has 1 aromatic carbocycles. The van der Waals surface area contributed by atoms with Crippen molar-refractivity contribution in [1.29, 1.82) is 0 Å². The van der Waals surface area contributed by atoms with Crippen molar-refractivity contribution in [3.05, 3.63) is 29.8 Å². The first kappa shape index (κ1) is 12.3. The lowest BCUT2D eigenvalue weighted by Gasteiger charge is -2.03. The van der Waals surface area contributed by atoms with E-state index >= 15 is 0 Å². The Morgan fingerprint density at radius 1 is 1.33 bits per heavy atom. The molecule has 0 amide bonds. The molecule has 0 fully saturated rings. The summed E-state index contributed by atoms with van der Waals surface area (Å²) >= 11 is 1.85. The summed E-state index contributed by atoms with van der Waals surface area (Å²) in [6.07, 6.45) is 1.87. The minimum absolute atomic E-state index is 0.448. The van der Waals surface area contributed by atoms with Crippen LogP contribution in [-0.2, 0) is 11.2 Å². The Labute approximate surface area is 95.5 Å². The zero-order valence-corrected chi connectivity index (χ0v) is 9.85. The molecule has 0 heterocycles. The number of carbonyl (C=O) groups excluding carboxylic acids is 1. The van der Waals surface area contributed by atoms with E-state index in [0.29, 0.717) is 6.54 Å². The summed E-state index contributed by atoms with van der Waals surface area (Å²) in [7, 11) is 0. The van der Waals surface area contributed by atoms with Gasteiger partial charge in [-0.25, -0.2) is 0 Å². The van der Waals surface area contributed by atoms with Gasteiger partial charge in [-0.15, -0.1) is 11.8 Å². The third-order valence-electron chi connectivity index (χ3n) is 2.05. The number of benzene rings is 1. The molecule has 0 spiro atoms. The summed E-state index contributed by atoms with van der Waals surface area (Å²) in [5, 5.41) is 3.05. The fraction of sp³-hybridized carbons (Fsp3) is 0.417. The molecule has 0 aliphatic carbocycles. The fourth-order valence-electron chi connectivity index (χ4n) is 1.31. The van der Waals surface area contributed by atoms with E-state index in [4.69, 9.17) is 0 Å². The van der Waals surface area contributed by atoms with Crippen LogP contribution in [0.15, 0.2) is 29.2 Å². The Morgan fingerprint density at radius 3 is 2.67 bits per heavy atom. The van der Waals surface area contributed by atoms with Gasteiger partial charge >= 0.3 is 0 Å². The molecule has 0 aromatic heterocycles. The zero-order chi connectivity index (χ0) is 10.9. The molecule has 3 heteroatoms. The highest BCUT2D eigenvalue weighted by atomic mass is 32.2. The van der Waals surface area contributed by atoms with Gasteiger partial charge < -0.3 is 10.1 Å². The summed E-state index contributed by atoms with van der Waals surface area (Å²) in [6.45, 7) is 3.46. The molecule has 15 heavy (non-hydrogen) atoms. The number of nitrogens with one attached hydrogen (secondary N) is 1. The molecule has 0 radical (unpaired) electrons. The highest BCUT2D eigenvalue weighted by Gasteiger charge is 1.94. The second kappa shape index (κ2) is 7.49. The van der Waals surface area contributed by atoms with Gasteiger partial charge in [0, 0.05) is 4.90 Å². The lowest BCUT2D eigenvalue weighted by Crippen LogP contribution is -2.19. The molecule has 1 N–H and O–H groups in total. The average molecular weight is 223 g/mol. The van der Waals surface area contributed by atoms with E-state index in [0.717, 1.165) is 25.0 Å². The van der Waals surface area contributed by atoms with Crippen molar-refractivity contribution < 1.29 is 4.79 Å². The van der Waals surface area contributed by atoms with Gasteiger partial charge in [0.1, 0.15) is 6.29 Å². The first-order valence-electron chi connectivity index (χ1n) is 5.23. The van der Waals surface area contributed by atoms with Gasteiger partial charge in [-0.2, -0.15) is 0 Å². The molecule has 0 aliphatic rings. The Morgan fingerprint density at radius 2 is 2.07 bits per heavy atom. The van der Waals surface area contributed by atoms with Gasteiger partial charge in [0.25, 0.3) is 0 Å². The Balaban J connectivity index is 2.32. The Bertz CT molecular complexity index is 284. The second-order valence-electron chi connectivity index (χ2n) is 3.20. The van der Waals surface area contributed by atoms with E-state index in [9.17, 15) is 4.79 Å². The van der Waals surface area contributed by atoms with Crippen LogP contribution in [0.3, 0.4) is 0 Å². The molecular weight excluding hydrogens is 206 g/mol. The summed E-state index contributed by atoms with van der Waals surface area (Å²) in [6, 6.07) is 8.62. The van der Waals surface area contributed by atoms with Crippen molar-refractivity contribution in [2.75, 3.05) is 18.8 Å². The average Bonchev–Trinajstić information content (AvgIpc) is 2.27. The molecule has 0 bridgehead atoms. The normalized spacial score (nSPS) is 10.2. The molecule has 0 unspecified atom stereocenters. The monoisotopic (exact) mass is 223 g/mol. The van der Waals surface area contributed by atoms with Gasteiger partial charge in [0.05, 0.1) is 6.54 Å². The number of thioether (sulfide) groups is 1. The Kier molecular flexibility index (Phi) is 6.12. The van der Waals surface area contributed by atoms with E-state index < -0.39 is 0 Å². The van der Waals surface area contributed by atoms with Crippen LogP contribution in [0.4, 0.5) is 0 Å². The van der Waals surface area contributed by atoms with E-state index in [-0.39, 0.29) is 0 Å². The molecule has 82 valence electrons. The van der Waals surface area contributed by atoms with Crippen LogP contribution < -0.4 is 5.32 Å². The highest BCUT2D eigenvalue weighted by molar-refractivity contribution is 7.99. The van der Waals surface area contributed by atoms with Crippen LogP contribution in [0.2, 0.25) is 0 Å². The smallest absolute Gasteiger partial charge is 0.133 e. The van der Waals surface area contributed by atoms with Crippen molar-refractivity contribution in [3.63, 3.8) is 0 Å². The van der Waals surface area contributed by atoms with Gasteiger partial charge in [-0.1, -0.05) is 19.1 Å². The zero-order valence-electron chi connectivity index (χ0n) is 9.03. The minimum atomic E-state index is 0.448. The molecule has 0 atom stereocenters. The van der Waals surface area contributed by atoms with Crippen molar-refractivity contribution in [3.8, 4) is 0 Å². The van der Waals surface area contributed by atoms with Gasteiger partial charge in [0.2, 0.25) is 0 Å². The molecular formula is C12H17NOS. The van der Waals surface area contributed by atoms with E-state index in [1.165, 1.54) is 10.5 Å². The van der Waals surface area contributed by atoms with Gasteiger partial charge in [-0.05, 0) is 36.4 Å². The lowest BCUT2D eigenvalue weighted by molar-refractivity contribution is -0.107. The SMILES string of the molecule is CCSc1ccc(CCNCC=O)cc1. The molecule has 0 saturated carbocycles. The maximum atomic E-state index is 10.1.